The highest BCUT2D eigenvalue weighted by Gasteiger charge is 2.13. The molecule has 0 aliphatic carbocycles. The van der Waals surface area contributed by atoms with Crippen LogP contribution < -0.4 is 10.1 Å². The van der Waals surface area contributed by atoms with Crippen molar-refractivity contribution in [2.45, 2.75) is 32.4 Å². The van der Waals surface area contributed by atoms with Crippen LogP contribution in [-0.2, 0) is 0 Å². The number of benzene rings is 1. The summed E-state index contributed by atoms with van der Waals surface area (Å²) in [5.41, 5.74) is 1.04. The molecule has 1 heterocycles. The van der Waals surface area contributed by atoms with Crippen molar-refractivity contribution < 1.29 is 9.84 Å². The molecule has 0 aliphatic rings. The minimum atomic E-state index is -0.520. The molecule has 0 radical (unpaired) electrons. The van der Waals surface area contributed by atoms with Crippen molar-refractivity contribution in [3.8, 4) is 5.75 Å². The predicted octanol–water partition coefficient (Wildman–Crippen LogP) is 2.30. The lowest BCUT2D eigenvalue weighted by Gasteiger charge is -2.23. The molecule has 0 aliphatic heterocycles. The second-order valence-electron chi connectivity index (χ2n) is 5.79. The van der Waals surface area contributed by atoms with Crippen molar-refractivity contribution in [3.63, 3.8) is 0 Å². The molecule has 4 nitrogen and oxygen atoms in total. The number of fused-ring (bicyclic) bond motifs is 1. The van der Waals surface area contributed by atoms with E-state index in [0.29, 0.717) is 6.54 Å². The van der Waals surface area contributed by atoms with E-state index in [-0.39, 0.29) is 12.1 Å². The first kappa shape index (κ1) is 13.9. The lowest BCUT2D eigenvalue weighted by Crippen LogP contribution is -2.42. The van der Waals surface area contributed by atoms with Crippen LogP contribution >= 0.6 is 0 Å². The van der Waals surface area contributed by atoms with Crippen LogP contribution in [0.1, 0.15) is 20.8 Å². The summed E-state index contributed by atoms with van der Waals surface area (Å²) in [4.78, 5) is 3.14. The fraction of sp³-hybridized carbons (Fsp3) is 0.467. The average molecular weight is 262 g/mol. The molecule has 2 aromatic rings. The van der Waals surface area contributed by atoms with E-state index in [9.17, 15) is 5.11 Å². The first-order valence-corrected chi connectivity index (χ1v) is 6.58. The largest absolute Gasteiger partial charge is 0.490 e. The fourth-order valence-corrected chi connectivity index (χ4v) is 1.85. The second-order valence-corrected chi connectivity index (χ2v) is 5.79. The molecule has 0 bridgehead atoms. The predicted molar refractivity (Wildman–Crippen MR) is 77.6 cm³/mol. The zero-order valence-electron chi connectivity index (χ0n) is 11.7. The number of aromatic amines is 1. The van der Waals surface area contributed by atoms with Gasteiger partial charge in [0.1, 0.15) is 18.5 Å². The van der Waals surface area contributed by atoms with Crippen LogP contribution in [0, 0.1) is 0 Å². The zero-order chi connectivity index (χ0) is 13.9. The Kier molecular flexibility index (Phi) is 4.12. The highest BCUT2D eigenvalue weighted by Crippen LogP contribution is 2.24. The van der Waals surface area contributed by atoms with Crippen LogP contribution in [0.5, 0.6) is 5.75 Å². The standard InChI is InChI=1S/C15H22N2O2/c1-15(2,3)17-9-11(18)10-19-14-6-4-5-13-12(14)7-8-16-13/h4-8,11,16-18H,9-10H2,1-3H3/t11-/m0/s1. The molecule has 4 heteroatoms. The summed E-state index contributed by atoms with van der Waals surface area (Å²) in [6.07, 6.45) is 1.36. The van der Waals surface area contributed by atoms with E-state index in [1.807, 2.05) is 30.5 Å². The van der Waals surface area contributed by atoms with E-state index in [1.165, 1.54) is 0 Å². The molecule has 0 unspecified atom stereocenters. The van der Waals surface area contributed by atoms with Gasteiger partial charge < -0.3 is 20.1 Å². The third-order valence-electron chi connectivity index (χ3n) is 2.85. The number of aliphatic hydroxyl groups is 1. The quantitative estimate of drug-likeness (QED) is 0.775. The van der Waals surface area contributed by atoms with Gasteiger partial charge >= 0.3 is 0 Å². The molecule has 0 fully saturated rings. The Labute approximate surface area is 113 Å². The molecular weight excluding hydrogens is 240 g/mol. The van der Waals surface area contributed by atoms with Gasteiger partial charge in [0.05, 0.1) is 0 Å². The van der Waals surface area contributed by atoms with Crippen LogP contribution in [-0.4, -0.2) is 34.9 Å². The van der Waals surface area contributed by atoms with Crippen LogP contribution in [0.2, 0.25) is 0 Å². The van der Waals surface area contributed by atoms with Crippen LogP contribution in [0.25, 0.3) is 10.9 Å². The first-order chi connectivity index (χ1) is 8.96. The van der Waals surface area contributed by atoms with Gasteiger partial charge in [0.2, 0.25) is 0 Å². The van der Waals surface area contributed by atoms with Gasteiger partial charge in [0.25, 0.3) is 0 Å². The molecule has 19 heavy (non-hydrogen) atoms. The molecule has 104 valence electrons. The average Bonchev–Trinajstić information content (AvgIpc) is 2.81. The summed E-state index contributed by atoms with van der Waals surface area (Å²) in [7, 11) is 0. The Morgan fingerprint density at radius 1 is 1.32 bits per heavy atom. The van der Waals surface area contributed by atoms with Crippen molar-refractivity contribution in [1.82, 2.24) is 10.3 Å². The normalized spacial score (nSPS) is 13.7. The second kappa shape index (κ2) is 5.63. The van der Waals surface area contributed by atoms with Gasteiger partial charge in [-0.25, -0.2) is 0 Å². The van der Waals surface area contributed by atoms with E-state index in [4.69, 9.17) is 4.74 Å². The molecule has 1 aromatic carbocycles. The molecule has 0 saturated heterocycles. The van der Waals surface area contributed by atoms with E-state index >= 15 is 0 Å². The third kappa shape index (κ3) is 3.98. The van der Waals surface area contributed by atoms with Gasteiger partial charge in [-0.1, -0.05) is 6.07 Å². The van der Waals surface area contributed by atoms with E-state index < -0.39 is 6.10 Å². The number of hydrogen-bond donors (Lipinski definition) is 3. The van der Waals surface area contributed by atoms with Crippen molar-refractivity contribution in [2.75, 3.05) is 13.2 Å². The highest BCUT2D eigenvalue weighted by molar-refractivity contribution is 5.85. The number of aliphatic hydroxyl groups excluding tert-OH is 1. The topological polar surface area (TPSA) is 57.3 Å². The van der Waals surface area contributed by atoms with Crippen molar-refractivity contribution in [2.24, 2.45) is 0 Å². The molecular formula is C15H22N2O2. The van der Waals surface area contributed by atoms with Gasteiger partial charge in [0.15, 0.2) is 0 Å². The van der Waals surface area contributed by atoms with Gasteiger partial charge in [-0.05, 0) is 39.0 Å². The number of rotatable bonds is 5. The number of aromatic nitrogens is 1. The van der Waals surface area contributed by atoms with E-state index in [0.717, 1.165) is 16.7 Å². The highest BCUT2D eigenvalue weighted by atomic mass is 16.5. The lowest BCUT2D eigenvalue weighted by molar-refractivity contribution is 0.101. The van der Waals surface area contributed by atoms with Crippen LogP contribution in [0.4, 0.5) is 0 Å². The Morgan fingerprint density at radius 2 is 2.11 bits per heavy atom. The number of H-pyrrole nitrogens is 1. The molecule has 1 atom stereocenters. The summed E-state index contributed by atoms with van der Waals surface area (Å²) in [5, 5.41) is 14.2. The van der Waals surface area contributed by atoms with Crippen molar-refractivity contribution in [3.05, 3.63) is 30.5 Å². The molecule has 0 spiro atoms. The minimum Gasteiger partial charge on any atom is -0.490 e. The van der Waals surface area contributed by atoms with Gasteiger partial charge in [-0.2, -0.15) is 0 Å². The van der Waals surface area contributed by atoms with Crippen LogP contribution in [0.3, 0.4) is 0 Å². The summed E-state index contributed by atoms with van der Waals surface area (Å²) >= 11 is 0. The molecule has 0 amide bonds. The maximum Gasteiger partial charge on any atom is 0.128 e. The number of hydrogen-bond acceptors (Lipinski definition) is 3. The first-order valence-electron chi connectivity index (χ1n) is 6.58. The molecule has 0 saturated carbocycles. The molecule has 3 N–H and O–H groups in total. The van der Waals surface area contributed by atoms with Gasteiger partial charge in [0, 0.05) is 29.2 Å². The minimum absolute atomic E-state index is 0.00162. The maximum atomic E-state index is 9.90. The monoisotopic (exact) mass is 262 g/mol. The summed E-state index contributed by atoms with van der Waals surface area (Å²) in [6, 6.07) is 7.83. The molecule has 1 aromatic heterocycles. The van der Waals surface area contributed by atoms with Crippen molar-refractivity contribution >= 4 is 10.9 Å². The Hall–Kier alpha value is -1.52. The third-order valence-corrected chi connectivity index (χ3v) is 2.85. The molecule has 2 rings (SSSR count). The Morgan fingerprint density at radius 3 is 2.84 bits per heavy atom. The van der Waals surface area contributed by atoms with Gasteiger partial charge in [-0.3, -0.25) is 0 Å². The fourth-order valence-electron chi connectivity index (χ4n) is 1.85. The smallest absolute Gasteiger partial charge is 0.128 e. The zero-order valence-corrected chi connectivity index (χ0v) is 11.7. The Balaban J connectivity index is 1.90. The summed E-state index contributed by atoms with van der Waals surface area (Å²) in [6.45, 7) is 7.02. The van der Waals surface area contributed by atoms with Crippen LogP contribution in [0.15, 0.2) is 30.5 Å². The SMILES string of the molecule is CC(C)(C)NC[C@H](O)COc1cccc2[nH]ccc12. The van der Waals surface area contributed by atoms with Crippen molar-refractivity contribution in [1.29, 1.82) is 0 Å². The van der Waals surface area contributed by atoms with Gasteiger partial charge in [-0.15, -0.1) is 0 Å². The number of ether oxygens (including phenoxy) is 1. The number of nitrogens with one attached hydrogen (secondary N) is 2. The Bertz CT molecular complexity index is 528. The van der Waals surface area contributed by atoms with E-state index in [2.05, 4.69) is 31.1 Å². The summed E-state index contributed by atoms with van der Waals surface area (Å²) < 4.78 is 5.69. The number of β-amino-alcohol motifs (C(OH)–C–C–N with tert-alkyl or cyclic N) is 1. The summed E-state index contributed by atoms with van der Waals surface area (Å²) in [5.74, 6) is 0.800. The lowest BCUT2D eigenvalue weighted by atomic mass is 10.1. The van der Waals surface area contributed by atoms with E-state index in [1.54, 1.807) is 0 Å². The maximum absolute atomic E-state index is 9.90.